The van der Waals surface area contributed by atoms with Crippen LogP contribution in [0.3, 0.4) is 0 Å². The fourth-order valence-electron chi connectivity index (χ4n) is 1.34. The van der Waals surface area contributed by atoms with Crippen LogP contribution >= 0.6 is 0 Å². The third-order valence-electron chi connectivity index (χ3n) is 2.35. The van der Waals surface area contributed by atoms with E-state index in [0.717, 1.165) is 4.31 Å². The molecule has 0 atom stereocenters. The molecule has 0 aliphatic rings. The standard InChI is InChI=1S/C11H14N2O4S/c1-13(7-6-12)18(14,15)11-5-4-9(16-2)8-10(11)17-3/h4-5,8H,7H2,1-3H3. The van der Waals surface area contributed by atoms with Crippen molar-refractivity contribution >= 4 is 10.0 Å². The predicted octanol–water partition coefficient (Wildman–Crippen LogP) is 0.848. The molecule has 7 heteroatoms. The third-order valence-corrected chi connectivity index (χ3v) is 4.20. The number of rotatable bonds is 5. The third kappa shape index (κ3) is 2.72. The molecule has 0 aromatic heterocycles. The SMILES string of the molecule is COc1ccc(S(=O)(=O)N(C)CC#N)c(OC)c1. The molecule has 0 heterocycles. The minimum absolute atomic E-state index is 0.00329. The summed E-state index contributed by atoms with van der Waals surface area (Å²) in [5.41, 5.74) is 0. The van der Waals surface area contributed by atoms with Gasteiger partial charge in [-0.1, -0.05) is 0 Å². The molecule has 1 rings (SSSR count). The molecule has 0 saturated carbocycles. The molecule has 0 radical (unpaired) electrons. The van der Waals surface area contributed by atoms with Gasteiger partial charge in [-0.05, 0) is 12.1 Å². The Labute approximate surface area is 106 Å². The van der Waals surface area contributed by atoms with Gasteiger partial charge >= 0.3 is 0 Å². The fourth-order valence-corrected chi connectivity index (χ4v) is 2.54. The van der Waals surface area contributed by atoms with Crippen LogP contribution in [-0.2, 0) is 10.0 Å². The van der Waals surface area contributed by atoms with Crippen LogP contribution in [0.4, 0.5) is 0 Å². The van der Waals surface area contributed by atoms with E-state index in [1.807, 2.05) is 0 Å². The molecule has 1 aromatic carbocycles. The summed E-state index contributed by atoms with van der Waals surface area (Å²) in [6, 6.07) is 6.18. The highest BCUT2D eigenvalue weighted by molar-refractivity contribution is 7.89. The molecule has 0 aliphatic heterocycles. The second-order valence-corrected chi connectivity index (χ2v) is 5.45. The van der Waals surface area contributed by atoms with Gasteiger partial charge in [0, 0.05) is 13.1 Å². The molecular formula is C11H14N2O4S. The number of benzene rings is 1. The second kappa shape index (κ2) is 5.71. The van der Waals surface area contributed by atoms with Crippen molar-refractivity contribution in [3.05, 3.63) is 18.2 Å². The zero-order valence-corrected chi connectivity index (χ0v) is 11.2. The molecule has 0 bridgehead atoms. The lowest BCUT2D eigenvalue weighted by atomic mass is 10.3. The van der Waals surface area contributed by atoms with E-state index in [1.54, 1.807) is 6.07 Å². The molecule has 18 heavy (non-hydrogen) atoms. The Morgan fingerprint density at radius 2 is 2.00 bits per heavy atom. The van der Waals surface area contributed by atoms with Gasteiger partial charge in [-0.25, -0.2) is 8.42 Å². The Balaban J connectivity index is 3.29. The van der Waals surface area contributed by atoms with Crippen molar-refractivity contribution < 1.29 is 17.9 Å². The van der Waals surface area contributed by atoms with Gasteiger partial charge in [0.25, 0.3) is 0 Å². The van der Waals surface area contributed by atoms with Crippen molar-refractivity contribution in [3.8, 4) is 17.6 Å². The fraction of sp³-hybridized carbons (Fsp3) is 0.364. The quantitative estimate of drug-likeness (QED) is 0.741. The lowest BCUT2D eigenvalue weighted by Crippen LogP contribution is -2.27. The van der Waals surface area contributed by atoms with E-state index >= 15 is 0 Å². The highest BCUT2D eigenvalue weighted by Crippen LogP contribution is 2.29. The maximum Gasteiger partial charge on any atom is 0.247 e. The molecule has 0 saturated heterocycles. The number of sulfonamides is 1. The monoisotopic (exact) mass is 270 g/mol. The van der Waals surface area contributed by atoms with Crippen LogP contribution in [0.15, 0.2) is 23.1 Å². The summed E-state index contributed by atoms with van der Waals surface area (Å²) in [6.07, 6.45) is 0. The number of methoxy groups -OCH3 is 2. The minimum atomic E-state index is -3.74. The first-order valence-electron chi connectivity index (χ1n) is 5.02. The van der Waals surface area contributed by atoms with Gasteiger partial charge in [-0.15, -0.1) is 0 Å². The van der Waals surface area contributed by atoms with Gasteiger partial charge in [0.15, 0.2) is 0 Å². The molecule has 0 spiro atoms. The Kier molecular flexibility index (Phi) is 4.53. The van der Waals surface area contributed by atoms with E-state index in [2.05, 4.69) is 0 Å². The molecule has 0 fully saturated rings. The summed E-state index contributed by atoms with van der Waals surface area (Å²) >= 11 is 0. The molecule has 98 valence electrons. The topological polar surface area (TPSA) is 79.6 Å². The first kappa shape index (κ1) is 14.3. The number of hydrogen-bond donors (Lipinski definition) is 0. The van der Waals surface area contributed by atoms with Crippen LogP contribution in [0.5, 0.6) is 11.5 Å². The van der Waals surface area contributed by atoms with Gasteiger partial charge in [0.05, 0.1) is 20.3 Å². The van der Waals surface area contributed by atoms with Crippen molar-refractivity contribution in [2.45, 2.75) is 4.90 Å². The van der Waals surface area contributed by atoms with Crippen LogP contribution in [0, 0.1) is 11.3 Å². The number of ether oxygens (including phenoxy) is 2. The van der Waals surface area contributed by atoms with E-state index < -0.39 is 10.0 Å². The Hall–Kier alpha value is -1.78. The highest BCUT2D eigenvalue weighted by Gasteiger charge is 2.24. The highest BCUT2D eigenvalue weighted by atomic mass is 32.2. The summed E-state index contributed by atoms with van der Waals surface area (Å²) in [5, 5.41) is 8.55. The second-order valence-electron chi connectivity index (χ2n) is 3.44. The van der Waals surface area contributed by atoms with Crippen molar-refractivity contribution in [2.24, 2.45) is 0 Å². The summed E-state index contributed by atoms with van der Waals surface area (Å²) < 4.78 is 35.3. The van der Waals surface area contributed by atoms with Gasteiger partial charge < -0.3 is 9.47 Å². The molecule has 0 amide bonds. The molecular weight excluding hydrogens is 256 g/mol. The average molecular weight is 270 g/mol. The minimum Gasteiger partial charge on any atom is -0.497 e. The molecule has 0 aliphatic carbocycles. The van der Waals surface area contributed by atoms with Crippen LogP contribution in [0.1, 0.15) is 0 Å². The summed E-state index contributed by atoms with van der Waals surface area (Å²) in [4.78, 5) is 0.00329. The summed E-state index contributed by atoms with van der Waals surface area (Å²) in [7, 11) is 0.447. The largest absolute Gasteiger partial charge is 0.497 e. The van der Waals surface area contributed by atoms with Gasteiger partial charge in [0.1, 0.15) is 22.9 Å². The van der Waals surface area contributed by atoms with Gasteiger partial charge in [-0.2, -0.15) is 9.57 Å². The van der Waals surface area contributed by atoms with E-state index in [1.165, 1.54) is 39.5 Å². The number of hydrogen-bond acceptors (Lipinski definition) is 5. The predicted molar refractivity (Wildman–Crippen MR) is 65.0 cm³/mol. The number of nitrogens with zero attached hydrogens (tertiary/aromatic N) is 2. The van der Waals surface area contributed by atoms with Crippen LogP contribution in [-0.4, -0.2) is 40.5 Å². The first-order chi connectivity index (χ1) is 8.47. The lowest BCUT2D eigenvalue weighted by molar-refractivity contribution is 0.384. The van der Waals surface area contributed by atoms with Crippen molar-refractivity contribution in [2.75, 3.05) is 27.8 Å². The van der Waals surface area contributed by atoms with Crippen LogP contribution in [0.2, 0.25) is 0 Å². The lowest BCUT2D eigenvalue weighted by Gasteiger charge is -2.16. The Morgan fingerprint density at radius 3 is 2.50 bits per heavy atom. The zero-order valence-electron chi connectivity index (χ0n) is 10.4. The maximum absolute atomic E-state index is 12.2. The van der Waals surface area contributed by atoms with Crippen molar-refractivity contribution in [1.82, 2.24) is 4.31 Å². The molecule has 6 nitrogen and oxygen atoms in total. The average Bonchev–Trinajstić information content (AvgIpc) is 2.38. The van der Waals surface area contributed by atoms with E-state index in [-0.39, 0.29) is 17.2 Å². The van der Waals surface area contributed by atoms with Crippen LogP contribution < -0.4 is 9.47 Å². The molecule has 0 N–H and O–H groups in total. The van der Waals surface area contributed by atoms with E-state index in [0.29, 0.717) is 5.75 Å². The van der Waals surface area contributed by atoms with E-state index in [9.17, 15) is 8.42 Å². The van der Waals surface area contributed by atoms with Crippen molar-refractivity contribution in [1.29, 1.82) is 5.26 Å². The molecule has 1 aromatic rings. The van der Waals surface area contributed by atoms with Gasteiger partial charge in [-0.3, -0.25) is 0 Å². The smallest absolute Gasteiger partial charge is 0.247 e. The Bertz CT molecular complexity index is 563. The summed E-state index contributed by atoms with van der Waals surface area (Å²) in [6.45, 7) is -0.225. The maximum atomic E-state index is 12.2. The number of nitriles is 1. The Morgan fingerprint density at radius 1 is 1.33 bits per heavy atom. The van der Waals surface area contributed by atoms with Gasteiger partial charge in [0.2, 0.25) is 10.0 Å². The van der Waals surface area contributed by atoms with E-state index in [4.69, 9.17) is 14.7 Å². The van der Waals surface area contributed by atoms with Crippen molar-refractivity contribution in [3.63, 3.8) is 0 Å². The first-order valence-corrected chi connectivity index (χ1v) is 6.46. The summed E-state index contributed by atoms with van der Waals surface area (Å²) in [5.74, 6) is 0.674. The van der Waals surface area contributed by atoms with Crippen LogP contribution in [0.25, 0.3) is 0 Å². The zero-order chi connectivity index (χ0) is 13.8. The normalized spacial score (nSPS) is 11.1. The molecule has 0 unspecified atom stereocenters.